The van der Waals surface area contributed by atoms with Crippen LogP contribution in [0.25, 0.3) is 0 Å². The molecule has 148 valence electrons. The molecule has 4 nitrogen and oxygen atoms in total. The standard InChI is InChI=1S/C24H31N3O/c28-24(18-27-17-7-6-9-19-8-4-5-12-23(19)27)26-22-15-13-21(14-16-22)25-20-10-2-1-3-11-20/h1-5,8,10-12,21-22,25H,6-7,9,13-18H2,(H,26,28). The number of rotatable bonds is 5. The minimum atomic E-state index is 0.163. The highest BCUT2D eigenvalue weighted by molar-refractivity contribution is 5.82. The molecule has 1 saturated carbocycles. The molecular formula is C24H31N3O. The van der Waals surface area contributed by atoms with Gasteiger partial charge in [-0.25, -0.2) is 0 Å². The lowest BCUT2D eigenvalue weighted by atomic mass is 9.91. The first kappa shape index (κ1) is 18.9. The quantitative estimate of drug-likeness (QED) is 0.813. The molecule has 0 radical (unpaired) electrons. The molecular weight excluding hydrogens is 346 g/mol. The van der Waals surface area contributed by atoms with E-state index in [-0.39, 0.29) is 5.91 Å². The maximum Gasteiger partial charge on any atom is 0.239 e. The second kappa shape index (κ2) is 9.13. The predicted molar refractivity (Wildman–Crippen MR) is 116 cm³/mol. The highest BCUT2D eigenvalue weighted by Crippen LogP contribution is 2.26. The van der Waals surface area contributed by atoms with Crippen molar-refractivity contribution in [2.24, 2.45) is 0 Å². The summed E-state index contributed by atoms with van der Waals surface area (Å²) in [5.74, 6) is 0.163. The summed E-state index contributed by atoms with van der Waals surface area (Å²) in [5, 5.41) is 6.91. The van der Waals surface area contributed by atoms with Gasteiger partial charge in [0.25, 0.3) is 0 Å². The van der Waals surface area contributed by atoms with Crippen LogP contribution in [0.15, 0.2) is 54.6 Å². The van der Waals surface area contributed by atoms with Gasteiger partial charge in [-0.3, -0.25) is 4.79 Å². The fraction of sp³-hybridized carbons (Fsp3) is 0.458. The van der Waals surface area contributed by atoms with E-state index >= 15 is 0 Å². The molecule has 4 rings (SSSR count). The normalized spacial score (nSPS) is 22.1. The largest absolute Gasteiger partial charge is 0.382 e. The van der Waals surface area contributed by atoms with Crippen molar-refractivity contribution >= 4 is 17.3 Å². The number of nitrogens with one attached hydrogen (secondary N) is 2. The number of fused-ring (bicyclic) bond motifs is 1. The lowest BCUT2D eigenvalue weighted by Crippen LogP contribution is -2.45. The first-order valence-electron chi connectivity index (χ1n) is 10.7. The van der Waals surface area contributed by atoms with Crippen LogP contribution in [0.3, 0.4) is 0 Å². The van der Waals surface area contributed by atoms with Gasteiger partial charge in [0.2, 0.25) is 5.91 Å². The van der Waals surface area contributed by atoms with E-state index in [4.69, 9.17) is 0 Å². The molecule has 0 bridgehead atoms. The molecule has 1 aliphatic carbocycles. The van der Waals surface area contributed by atoms with Crippen LogP contribution in [-0.4, -0.2) is 31.1 Å². The molecule has 4 heteroatoms. The van der Waals surface area contributed by atoms with Crippen molar-refractivity contribution in [3.05, 3.63) is 60.2 Å². The fourth-order valence-electron chi connectivity index (χ4n) is 4.53. The molecule has 0 unspecified atom stereocenters. The van der Waals surface area contributed by atoms with Gasteiger partial charge in [-0.1, -0.05) is 36.4 Å². The summed E-state index contributed by atoms with van der Waals surface area (Å²) < 4.78 is 0. The summed E-state index contributed by atoms with van der Waals surface area (Å²) in [4.78, 5) is 15.0. The molecule has 0 aromatic heterocycles. The summed E-state index contributed by atoms with van der Waals surface area (Å²) in [7, 11) is 0. The maximum absolute atomic E-state index is 12.7. The van der Waals surface area contributed by atoms with E-state index in [0.717, 1.165) is 45.1 Å². The Labute approximate surface area is 168 Å². The number of hydrogen-bond donors (Lipinski definition) is 2. The average molecular weight is 378 g/mol. The molecule has 0 atom stereocenters. The van der Waals surface area contributed by atoms with E-state index in [1.54, 1.807) is 0 Å². The highest BCUT2D eigenvalue weighted by atomic mass is 16.2. The van der Waals surface area contributed by atoms with E-state index in [2.05, 4.69) is 64.1 Å². The van der Waals surface area contributed by atoms with E-state index in [0.29, 0.717) is 18.6 Å². The molecule has 2 N–H and O–H groups in total. The molecule has 0 spiro atoms. The Morgan fingerprint density at radius 1 is 0.893 bits per heavy atom. The van der Waals surface area contributed by atoms with Crippen LogP contribution in [0.1, 0.15) is 44.1 Å². The Hall–Kier alpha value is -2.49. The Bertz CT molecular complexity index is 768. The minimum absolute atomic E-state index is 0.163. The minimum Gasteiger partial charge on any atom is -0.382 e. The zero-order valence-electron chi connectivity index (χ0n) is 16.6. The van der Waals surface area contributed by atoms with Gasteiger partial charge in [-0.2, -0.15) is 0 Å². The lowest BCUT2D eigenvalue weighted by Gasteiger charge is -2.31. The van der Waals surface area contributed by atoms with Crippen molar-refractivity contribution in [2.45, 2.75) is 57.0 Å². The van der Waals surface area contributed by atoms with Crippen LogP contribution in [-0.2, 0) is 11.2 Å². The van der Waals surface area contributed by atoms with Gasteiger partial charge in [0.15, 0.2) is 0 Å². The van der Waals surface area contributed by atoms with Crippen molar-refractivity contribution in [2.75, 3.05) is 23.3 Å². The Balaban J connectivity index is 1.26. The molecule has 1 heterocycles. The zero-order valence-corrected chi connectivity index (χ0v) is 16.6. The number of benzene rings is 2. The first-order valence-corrected chi connectivity index (χ1v) is 10.7. The number of nitrogens with zero attached hydrogens (tertiary/aromatic N) is 1. The summed E-state index contributed by atoms with van der Waals surface area (Å²) in [5.41, 5.74) is 3.81. The third-order valence-electron chi connectivity index (χ3n) is 6.03. The number of para-hydroxylation sites is 2. The molecule has 0 saturated heterocycles. The van der Waals surface area contributed by atoms with Crippen LogP contribution in [0.4, 0.5) is 11.4 Å². The van der Waals surface area contributed by atoms with E-state index in [9.17, 15) is 4.79 Å². The second-order valence-electron chi connectivity index (χ2n) is 8.13. The molecule has 2 aromatic rings. The smallest absolute Gasteiger partial charge is 0.239 e. The van der Waals surface area contributed by atoms with E-state index < -0.39 is 0 Å². The van der Waals surface area contributed by atoms with Crippen LogP contribution < -0.4 is 15.5 Å². The number of carbonyl (C=O) groups excluding carboxylic acids is 1. The van der Waals surface area contributed by atoms with Crippen LogP contribution in [0, 0.1) is 0 Å². The lowest BCUT2D eigenvalue weighted by molar-refractivity contribution is -0.120. The summed E-state index contributed by atoms with van der Waals surface area (Å²) in [6.45, 7) is 1.44. The zero-order chi connectivity index (χ0) is 19.2. The van der Waals surface area contributed by atoms with Gasteiger partial charge in [-0.05, 0) is 68.7 Å². The fourth-order valence-corrected chi connectivity index (χ4v) is 4.53. The van der Waals surface area contributed by atoms with Crippen molar-refractivity contribution in [3.63, 3.8) is 0 Å². The highest BCUT2D eigenvalue weighted by Gasteiger charge is 2.24. The number of amides is 1. The maximum atomic E-state index is 12.7. The third kappa shape index (κ3) is 4.86. The van der Waals surface area contributed by atoms with Gasteiger partial charge in [-0.15, -0.1) is 0 Å². The first-order chi connectivity index (χ1) is 13.8. The van der Waals surface area contributed by atoms with Gasteiger partial charge in [0.1, 0.15) is 0 Å². The van der Waals surface area contributed by atoms with Gasteiger partial charge >= 0.3 is 0 Å². The van der Waals surface area contributed by atoms with Crippen LogP contribution in [0.5, 0.6) is 0 Å². The summed E-state index contributed by atoms with van der Waals surface area (Å²) in [6.07, 6.45) is 7.77. The number of carbonyl (C=O) groups is 1. The van der Waals surface area contributed by atoms with Gasteiger partial charge < -0.3 is 15.5 Å². The van der Waals surface area contributed by atoms with Crippen molar-refractivity contribution < 1.29 is 4.79 Å². The molecule has 28 heavy (non-hydrogen) atoms. The Kier molecular flexibility index (Phi) is 6.15. The van der Waals surface area contributed by atoms with Crippen molar-refractivity contribution in [1.82, 2.24) is 5.32 Å². The molecule has 1 fully saturated rings. The molecule has 1 amide bonds. The monoisotopic (exact) mass is 377 g/mol. The second-order valence-corrected chi connectivity index (χ2v) is 8.13. The van der Waals surface area contributed by atoms with Crippen molar-refractivity contribution in [1.29, 1.82) is 0 Å². The Morgan fingerprint density at radius 2 is 1.61 bits per heavy atom. The van der Waals surface area contributed by atoms with Crippen LogP contribution >= 0.6 is 0 Å². The van der Waals surface area contributed by atoms with Gasteiger partial charge in [0, 0.05) is 30.0 Å². The van der Waals surface area contributed by atoms with Gasteiger partial charge in [0.05, 0.1) is 6.54 Å². The predicted octanol–water partition coefficient (Wildman–Crippen LogP) is 4.37. The summed E-state index contributed by atoms with van der Waals surface area (Å²) >= 11 is 0. The van der Waals surface area contributed by atoms with Crippen molar-refractivity contribution in [3.8, 4) is 0 Å². The number of hydrogen-bond acceptors (Lipinski definition) is 3. The van der Waals surface area contributed by atoms with E-state index in [1.165, 1.54) is 23.4 Å². The third-order valence-corrected chi connectivity index (χ3v) is 6.03. The average Bonchev–Trinajstić information content (AvgIpc) is 2.93. The SMILES string of the molecule is O=C(CN1CCCCc2ccccc21)NC1CCC(Nc2ccccc2)CC1. The Morgan fingerprint density at radius 3 is 2.43 bits per heavy atom. The molecule has 1 aliphatic heterocycles. The topological polar surface area (TPSA) is 44.4 Å². The number of aryl methyl sites for hydroxylation is 1. The van der Waals surface area contributed by atoms with E-state index in [1.807, 2.05) is 6.07 Å². The van der Waals surface area contributed by atoms with Crippen LogP contribution in [0.2, 0.25) is 0 Å². The molecule has 2 aliphatic rings. The number of anilines is 2. The summed E-state index contributed by atoms with van der Waals surface area (Å²) in [6, 6.07) is 19.8. The molecule has 2 aromatic carbocycles.